The minimum Gasteiger partial charge on any atom is -0.488 e. The average Bonchev–Trinajstić information content (AvgIpc) is 3.24. The summed E-state index contributed by atoms with van der Waals surface area (Å²) in [6, 6.07) is 7.69. The Kier molecular flexibility index (Phi) is 6.00. The first kappa shape index (κ1) is 21.5. The largest absolute Gasteiger partial charge is 0.488 e. The van der Waals surface area contributed by atoms with Crippen LogP contribution < -0.4 is 15.2 Å². The van der Waals surface area contributed by atoms with Crippen LogP contribution in [0.4, 0.5) is 0 Å². The molecule has 4 unspecified atom stereocenters. The molecule has 4 atom stereocenters. The molecule has 0 amide bonds. The number of hydrogen-bond acceptors (Lipinski definition) is 7. The van der Waals surface area contributed by atoms with Gasteiger partial charge in [0.25, 0.3) is 0 Å². The second-order valence-electron chi connectivity index (χ2n) is 8.05. The summed E-state index contributed by atoms with van der Waals surface area (Å²) in [6.45, 7) is 2.58. The molecule has 162 valence electrons. The van der Waals surface area contributed by atoms with Crippen LogP contribution in [0.25, 0.3) is 0 Å². The van der Waals surface area contributed by atoms with Crippen molar-refractivity contribution in [3.05, 3.63) is 45.6 Å². The number of benzene rings is 1. The molecule has 30 heavy (non-hydrogen) atoms. The summed E-state index contributed by atoms with van der Waals surface area (Å²) in [4.78, 5) is 15.1. The molecule has 4 rings (SSSR count). The zero-order chi connectivity index (χ0) is 21.5. The quantitative estimate of drug-likeness (QED) is 0.620. The lowest BCUT2D eigenvalue weighted by atomic mass is 9.87. The highest BCUT2D eigenvalue weighted by atomic mass is 32.2. The molecule has 9 heteroatoms. The summed E-state index contributed by atoms with van der Waals surface area (Å²) in [5.41, 5.74) is 0.867. The summed E-state index contributed by atoms with van der Waals surface area (Å²) in [5.74, 6) is 0.614. The van der Waals surface area contributed by atoms with E-state index in [2.05, 4.69) is 5.32 Å². The van der Waals surface area contributed by atoms with Crippen LogP contribution in [0.5, 0.6) is 5.75 Å². The maximum atomic E-state index is 12.7. The lowest BCUT2D eigenvalue weighted by Gasteiger charge is -2.25. The minimum atomic E-state index is -3.75. The first-order valence-corrected chi connectivity index (χ1v) is 12.4. The van der Waals surface area contributed by atoms with E-state index in [4.69, 9.17) is 9.88 Å². The fraction of sp³-hybridized carbons (Fsp3) is 0.476. The molecule has 2 aliphatic carbocycles. The van der Waals surface area contributed by atoms with Gasteiger partial charge in [-0.1, -0.05) is 0 Å². The summed E-state index contributed by atoms with van der Waals surface area (Å²) >= 11 is 1.70. The molecule has 0 radical (unpaired) electrons. The Balaban J connectivity index is 1.32. The summed E-state index contributed by atoms with van der Waals surface area (Å²) in [6.07, 6.45) is 2.07. The van der Waals surface area contributed by atoms with Crippen LogP contribution in [0.3, 0.4) is 0 Å². The number of ketones is 1. The van der Waals surface area contributed by atoms with Gasteiger partial charge in [-0.3, -0.25) is 4.79 Å². The highest BCUT2D eigenvalue weighted by molar-refractivity contribution is 7.89. The van der Waals surface area contributed by atoms with E-state index in [1.54, 1.807) is 11.3 Å². The number of Topliss-reactive ketones (excluding diaryl/α,β-unsaturated/α-hetero) is 1. The van der Waals surface area contributed by atoms with Gasteiger partial charge in [0.1, 0.15) is 18.0 Å². The van der Waals surface area contributed by atoms with Gasteiger partial charge in [-0.2, -0.15) is 0 Å². The number of hydrogen-bond donors (Lipinski definition) is 3. The molecule has 0 bridgehead atoms. The number of carbonyl (C=O) groups is 1. The zero-order valence-electron chi connectivity index (χ0n) is 16.7. The van der Waals surface area contributed by atoms with Crippen molar-refractivity contribution in [2.24, 2.45) is 11.1 Å². The fourth-order valence-electron chi connectivity index (χ4n) is 4.28. The first-order valence-electron chi connectivity index (χ1n) is 10.1. The van der Waals surface area contributed by atoms with Crippen molar-refractivity contribution in [3.63, 3.8) is 0 Å². The van der Waals surface area contributed by atoms with Crippen molar-refractivity contribution < 1.29 is 23.1 Å². The van der Waals surface area contributed by atoms with E-state index in [9.17, 15) is 18.3 Å². The third kappa shape index (κ3) is 4.45. The smallest absolute Gasteiger partial charge is 0.238 e. The van der Waals surface area contributed by atoms with Gasteiger partial charge in [-0.25, -0.2) is 13.6 Å². The number of nitrogens with one attached hydrogen (secondary N) is 1. The number of aryl methyl sites for hydroxylation is 2. The number of primary sulfonamides is 1. The number of fused-ring (bicyclic) bond motifs is 1. The second-order valence-corrected chi connectivity index (χ2v) is 11.0. The Morgan fingerprint density at radius 2 is 1.97 bits per heavy atom. The molecular formula is C21H26N2O5S2. The highest BCUT2D eigenvalue weighted by Crippen LogP contribution is 2.32. The van der Waals surface area contributed by atoms with Gasteiger partial charge >= 0.3 is 0 Å². The van der Waals surface area contributed by atoms with Crippen LogP contribution in [-0.2, 0) is 16.4 Å². The van der Waals surface area contributed by atoms with Gasteiger partial charge < -0.3 is 15.2 Å². The molecule has 1 aromatic heterocycles. The number of aliphatic hydroxyl groups is 1. The summed E-state index contributed by atoms with van der Waals surface area (Å²) < 4.78 is 28.5. The molecule has 2 aromatic rings. The predicted molar refractivity (Wildman–Crippen MR) is 114 cm³/mol. The second kappa shape index (κ2) is 8.39. The van der Waals surface area contributed by atoms with E-state index in [0.29, 0.717) is 18.7 Å². The minimum absolute atomic E-state index is 0.0162. The number of nitrogens with two attached hydrogens (primary N) is 1. The Bertz CT molecular complexity index is 1030. The van der Waals surface area contributed by atoms with Crippen molar-refractivity contribution in [3.8, 4) is 5.75 Å². The number of thiophene rings is 1. The molecule has 0 aliphatic heterocycles. The van der Waals surface area contributed by atoms with Gasteiger partial charge in [0.2, 0.25) is 10.0 Å². The molecule has 7 nitrogen and oxygen atoms in total. The van der Waals surface area contributed by atoms with Crippen molar-refractivity contribution in [2.75, 3.05) is 6.54 Å². The third-order valence-corrected chi connectivity index (χ3v) is 7.95. The average molecular weight is 451 g/mol. The molecule has 1 heterocycles. The fourth-order valence-corrected chi connectivity index (χ4v) is 5.85. The summed E-state index contributed by atoms with van der Waals surface area (Å²) in [5, 5.41) is 19.1. The van der Waals surface area contributed by atoms with Crippen LogP contribution in [0.2, 0.25) is 0 Å². The highest BCUT2D eigenvalue weighted by Gasteiger charge is 2.37. The van der Waals surface area contributed by atoms with E-state index >= 15 is 0 Å². The molecule has 0 spiro atoms. The lowest BCUT2D eigenvalue weighted by molar-refractivity contribution is 0.0441. The predicted octanol–water partition coefficient (Wildman–Crippen LogP) is 2.01. The van der Waals surface area contributed by atoms with Gasteiger partial charge in [-0.15, -0.1) is 11.3 Å². The third-order valence-electron chi connectivity index (χ3n) is 5.91. The monoisotopic (exact) mass is 450 g/mol. The normalized spacial score (nSPS) is 26.6. The molecule has 1 fully saturated rings. The Morgan fingerprint density at radius 1 is 1.23 bits per heavy atom. The molecule has 2 aliphatic rings. The van der Waals surface area contributed by atoms with Crippen LogP contribution >= 0.6 is 11.3 Å². The number of sulfonamides is 1. The van der Waals surface area contributed by atoms with E-state index in [1.165, 1.54) is 34.0 Å². The molecule has 4 N–H and O–H groups in total. The Hall–Kier alpha value is -1.78. The van der Waals surface area contributed by atoms with Crippen molar-refractivity contribution in [2.45, 2.75) is 55.8 Å². The van der Waals surface area contributed by atoms with E-state index in [0.717, 1.165) is 24.8 Å². The lowest BCUT2D eigenvalue weighted by Crippen LogP contribution is -2.44. The number of ether oxygens (including phenoxy) is 1. The molecule has 0 saturated heterocycles. The number of aliphatic hydroxyl groups excluding tert-OH is 1. The van der Waals surface area contributed by atoms with E-state index in [1.807, 2.05) is 13.0 Å². The Morgan fingerprint density at radius 3 is 2.67 bits per heavy atom. The van der Waals surface area contributed by atoms with Crippen molar-refractivity contribution in [1.82, 2.24) is 5.32 Å². The van der Waals surface area contributed by atoms with Gasteiger partial charge in [0.05, 0.1) is 4.90 Å². The van der Waals surface area contributed by atoms with Crippen LogP contribution in [0.1, 0.15) is 39.4 Å². The zero-order valence-corrected chi connectivity index (χ0v) is 18.3. The topological polar surface area (TPSA) is 119 Å². The number of carbonyl (C=O) groups excluding carboxylic acids is 1. The van der Waals surface area contributed by atoms with Crippen LogP contribution in [0.15, 0.2) is 35.2 Å². The van der Waals surface area contributed by atoms with Gasteiger partial charge in [0, 0.05) is 33.8 Å². The molecular weight excluding hydrogens is 424 g/mol. The van der Waals surface area contributed by atoms with Crippen molar-refractivity contribution in [1.29, 1.82) is 0 Å². The standard InChI is InChI=1S/C21H26N2O5S2/c1-12-10-16-19(29-12)9-2-13(20(16)24)11-23-17-7-8-18(21(17)25)28-14-3-5-15(6-4-14)30(22,26)27/h3-6,10,13,17-18,21,23,25H,2,7-9,11H2,1H3,(H2,22,26,27). The van der Waals surface area contributed by atoms with Crippen molar-refractivity contribution >= 4 is 27.1 Å². The maximum absolute atomic E-state index is 12.7. The van der Waals surface area contributed by atoms with Gasteiger partial charge in [0.15, 0.2) is 5.78 Å². The summed E-state index contributed by atoms with van der Waals surface area (Å²) in [7, 11) is -3.75. The van der Waals surface area contributed by atoms with Gasteiger partial charge in [-0.05, 0) is 62.9 Å². The molecule has 1 aromatic carbocycles. The van der Waals surface area contributed by atoms with E-state index < -0.39 is 22.2 Å². The Labute approximate surface area is 180 Å². The van der Waals surface area contributed by atoms with Crippen LogP contribution in [-0.4, -0.2) is 44.1 Å². The maximum Gasteiger partial charge on any atom is 0.238 e. The molecule has 1 saturated carbocycles. The van der Waals surface area contributed by atoms with Crippen LogP contribution in [0, 0.1) is 12.8 Å². The SMILES string of the molecule is Cc1cc2c(s1)CCC(CNC1CCC(Oc3ccc(S(N)(=O)=O)cc3)C1O)C2=O. The first-order chi connectivity index (χ1) is 14.2. The number of rotatable bonds is 6. The van der Waals surface area contributed by atoms with E-state index in [-0.39, 0.29) is 22.6 Å².